The van der Waals surface area contributed by atoms with Gasteiger partial charge in [-0.25, -0.2) is 9.18 Å². The third kappa shape index (κ3) is 5.98. The van der Waals surface area contributed by atoms with Gasteiger partial charge in [0.2, 0.25) is 11.8 Å². The number of nitrogens with one attached hydrogen (secondary N) is 2. The van der Waals surface area contributed by atoms with Crippen molar-refractivity contribution in [3.8, 4) is 0 Å². The van der Waals surface area contributed by atoms with E-state index in [9.17, 15) is 18.8 Å². The predicted octanol–water partition coefficient (Wildman–Crippen LogP) is 1.19. The van der Waals surface area contributed by atoms with Crippen LogP contribution in [0.4, 0.5) is 4.39 Å². The van der Waals surface area contributed by atoms with Crippen LogP contribution in [-0.2, 0) is 25.5 Å². The lowest BCUT2D eigenvalue weighted by molar-refractivity contribution is -0.146. The molecule has 1 aromatic carbocycles. The average molecular weight is 338 g/mol. The molecule has 0 aliphatic heterocycles. The molecule has 7 heteroatoms. The van der Waals surface area contributed by atoms with Gasteiger partial charge in [-0.3, -0.25) is 9.59 Å². The topological polar surface area (TPSA) is 84.5 Å². The fourth-order valence-corrected chi connectivity index (χ4v) is 2.19. The van der Waals surface area contributed by atoms with E-state index in [1.807, 2.05) is 0 Å². The summed E-state index contributed by atoms with van der Waals surface area (Å²) >= 11 is 0. The first-order chi connectivity index (χ1) is 11.2. The van der Waals surface area contributed by atoms with Gasteiger partial charge in [-0.2, -0.15) is 0 Å². The van der Waals surface area contributed by atoms with Crippen LogP contribution >= 0.6 is 0 Å². The molecule has 0 radical (unpaired) electrons. The number of hydrogen-bond donors (Lipinski definition) is 2. The Bertz CT molecular complexity index is 587. The van der Waals surface area contributed by atoms with Crippen LogP contribution in [0.3, 0.4) is 0 Å². The van der Waals surface area contributed by atoms with Crippen LogP contribution in [0.5, 0.6) is 0 Å². The summed E-state index contributed by atoms with van der Waals surface area (Å²) in [5, 5.41) is 5.15. The Hall–Kier alpha value is -2.44. The summed E-state index contributed by atoms with van der Waals surface area (Å²) in [5.41, 5.74) is 0.685. The number of carbonyl (C=O) groups excluding carboxylic acids is 3. The second-order valence-electron chi connectivity index (χ2n) is 5.84. The van der Waals surface area contributed by atoms with Crippen LogP contribution in [0.25, 0.3) is 0 Å². The minimum Gasteiger partial charge on any atom is -0.467 e. The lowest BCUT2D eigenvalue weighted by atomic mass is 10.0. The summed E-state index contributed by atoms with van der Waals surface area (Å²) in [7, 11) is 1.24. The minimum absolute atomic E-state index is 0.176. The lowest BCUT2D eigenvalue weighted by Crippen LogP contribution is -2.53. The van der Waals surface area contributed by atoms with Crippen molar-refractivity contribution in [3.05, 3.63) is 35.6 Å². The van der Waals surface area contributed by atoms with Gasteiger partial charge >= 0.3 is 5.97 Å². The summed E-state index contributed by atoms with van der Waals surface area (Å²) < 4.78 is 17.7. The monoisotopic (exact) mass is 338 g/mol. The Labute approximate surface area is 140 Å². The van der Waals surface area contributed by atoms with Gasteiger partial charge in [-0.15, -0.1) is 0 Å². The molecule has 0 fully saturated rings. The van der Waals surface area contributed by atoms with Crippen LogP contribution < -0.4 is 10.6 Å². The van der Waals surface area contributed by atoms with Crippen molar-refractivity contribution in [1.29, 1.82) is 0 Å². The minimum atomic E-state index is -0.876. The second-order valence-corrected chi connectivity index (χ2v) is 5.84. The van der Waals surface area contributed by atoms with Crippen LogP contribution in [0.1, 0.15) is 26.3 Å². The molecule has 1 aromatic rings. The summed E-state index contributed by atoms with van der Waals surface area (Å²) in [6.07, 6.45) is 0.178. The van der Waals surface area contributed by atoms with Gasteiger partial charge in [0, 0.05) is 13.3 Å². The van der Waals surface area contributed by atoms with Crippen molar-refractivity contribution in [2.45, 2.75) is 39.3 Å². The lowest BCUT2D eigenvalue weighted by Gasteiger charge is -2.24. The molecule has 0 saturated carbocycles. The average Bonchev–Trinajstić information content (AvgIpc) is 2.52. The zero-order chi connectivity index (χ0) is 18.3. The van der Waals surface area contributed by atoms with Crippen molar-refractivity contribution in [3.63, 3.8) is 0 Å². The first-order valence-corrected chi connectivity index (χ1v) is 7.64. The second kappa shape index (κ2) is 9.00. The SMILES string of the molecule is COC(=O)[C@H](NC(=O)[C@H](Cc1ccc(F)cc1)NC(C)=O)C(C)C. The van der Waals surface area contributed by atoms with Gasteiger partial charge < -0.3 is 15.4 Å². The Morgan fingerprint density at radius 3 is 2.17 bits per heavy atom. The molecule has 0 saturated heterocycles. The van der Waals surface area contributed by atoms with E-state index in [4.69, 9.17) is 0 Å². The quantitative estimate of drug-likeness (QED) is 0.732. The van der Waals surface area contributed by atoms with E-state index in [1.54, 1.807) is 13.8 Å². The van der Waals surface area contributed by atoms with Crippen molar-refractivity contribution in [1.82, 2.24) is 10.6 Å². The number of amides is 2. The summed E-state index contributed by atoms with van der Waals surface area (Å²) in [6.45, 7) is 4.84. The Kier molecular flexibility index (Phi) is 7.35. The van der Waals surface area contributed by atoms with Crippen molar-refractivity contribution in [2.24, 2.45) is 5.92 Å². The first kappa shape index (κ1) is 19.6. The van der Waals surface area contributed by atoms with Crippen molar-refractivity contribution >= 4 is 17.8 Å². The third-order valence-corrected chi connectivity index (χ3v) is 3.47. The van der Waals surface area contributed by atoms with Crippen molar-refractivity contribution < 1.29 is 23.5 Å². The van der Waals surface area contributed by atoms with E-state index in [-0.39, 0.29) is 24.1 Å². The van der Waals surface area contributed by atoms with E-state index in [0.717, 1.165) is 0 Å². The van der Waals surface area contributed by atoms with Gasteiger partial charge in [0.25, 0.3) is 0 Å². The molecule has 1 rings (SSSR count). The Morgan fingerprint density at radius 1 is 1.12 bits per heavy atom. The molecule has 0 heterocycles. The van der Waals surface area contributed by atoms with Gasteiger partial charge in [-0.1, -0.05) is 26.0 Å². The highest BCUT2D eigenvalue weighted by Crippen LogP contribution is 2.08. The largest absolute Gasteiger partial charge is 0.467 e. The number of carbonyl (C=O) groups is 3. The molecule has 132 valence electrons. The molecule has 2 amide bonds. The van der Waals surface area contributed by atoms with E-state index in [2.05, 4.69) is 15.4 Å². The summed E-state index contributed by atoms with van der Waals surface area (Å²) in [6, 6.07) is 3.95. The van der Waals surface area contributed by atoms with E-state index >= 15 is 0 Å². The highest BCUT2D eigenvalue weighted by Gasteiger charge is 2.29. The van der Waals surface area contributed by atoms with E-state index in [1.165, 1.54) is 38.3 Å². The number of halogens is 1. The molecule has 0 unspecified atom stereocenters. The number of esters is 1. The van der Waals surface area contributed by atoms with E-state index < -0.39 is 24.0 Å². The van der Waals surface area contributed by atoms with Gasteiger partial charge in [-0.05, 0) is 23.6 Å². The maximum absolute atomic E-state index is 13.0. The standard InChI is InChI=1S/C17H23FN2O4/c1-10(2)15(17(23)24-4)20-16(22)14(19-11(3)21)9-12-5-7-13(18)8-6-12/h5-8,10,14-15H,9H2,1-4H3,(H,19,21)(H,20,22)/t14-,15+/m0/s1. The molecular weight excluding hydrogens is 315 g/mol. The van der Waals surface area contributed by atoms with Gasteiger partial charge in [0.05, 0.1) is 7.11 Å². The molecule has 2 N–H and O–H groups in total. The molecular formula is C17H23FN2O4. The zero-order valence-corrected chi connectivity index (χ0v) is 14.3. The number of hydrogen-bond acceptors (Lipinski definition) is 4. The molecule has 6 nitrogen and oxygen atoms in total. The fourth-order valence-electron chi connectivity index (χ4n) is 2.19. The molecule has 0 aromatic heterocycles. The third-order valence-electron chi connectivity index (χ3n) is 3.47. The summed E-state index contributed by atoms with van der Waals surface area (Å²) in [4.78, 5) is 35.6. The number of rotatable bonds is 7. The Morgan fingerprint density at radius 2 is 1.71 bits per heavy atom. The van der Waals surface area contributed by atoms with Crippen molar-refractivity contribution in [2.75, 3.05) is 7.11 Å². The van der Waals surface area contributed by atoms with Crippen LogP contribution in [0, 0.1) is 11.7 Å². The maximum atomic E-state index is 13.0. The van der Waals surface area contributed by atoms with Gasteiger partial charge in [0.1, 0.15) is 17.9 Å². The molecule has 0 bridgehead atoms. The Balaban J connectivity index is 2.89. The number of benzene rings is 1. The van der Waals surface area contributed by atoms with E-state index in [0.29, 0.717) is 5.56 Å². The van der Waals surface area contributed by atoms with Crippen LogP contribution in [0.2, 0.25) is 0 Å². The molecule has 0 aliphatic rings. The zero-order valence-electron chi connectivity index (χ0n) is 14.3. The molecule has 24 heavy (non-hydrogen) atoms. The highest BCUT2D eigenvalue weighted by molar-refractivity contribution is 5.90. The molecule has 0 aliphatic carbocycles. The highest BCUT2D eigenvalue weighted by atomic mass is 19.1. The molecule has 0 spiro atoms. The number of ether oxygens (including phenoxy) is 1. The smallest absolute Gasteiger partial charge is 0.328 e. The number of methoxy groups -OCH3 is 1. The predicted molar refractivity (Wildman–Crippen MR) is 86.5 cm³/mol. The fraction of sp³-hybridized carbons (Fsp3) is 0.471. The van der Waals surface area contributed by atoms with Crippen LogP contribution in [-0.4, -0.2) is 37.0 Å². The summed E-state index contributed by atoms with van der Waals surface area (Å²) in [5.74, 6) is -1.99. The maximum Gasteiger partial charge on any atom is 0.328 e. The first-order valence-electron chi connectivity index (χ1n) is 7.64. The van der Waals surface area contributed by atoms with Crippen LogP contribution in [0.15, 0.2) is 24.3 Å². The molecule has 2 atom stereocenters. The normalized spacial score (nSPS) is 13.1. The van der Waals surface area contributed by atoms with Gasteiger partial charge in [0.15, 0.2) is 0 Å².